The van der Waals surface area contributed by atoms with Gasteiger partial charge in [0.05, 0.1) is 4.92 Å². The van der Waals surface area contributed by atoms with Crippen molar-refractivity contribution in [2.75, 3.05) is 26.2 Å². The number of carbonyl (C=O) groups is 2. The van der Waals surface area contributed by atoms with Crippen LogP contribution in [0.4, 0.5) is 10.5 Å². The van der Waals surface area contributed by atoms with Crippen molar-refractivity contribution in [3.05, 3.63) is 74.2 Å². The number of hydrogen-bond donors (Lipinski definition) is 0. The van der Waals surface area contributed by atoms with Gasteiger partial charge in [-0.3, -0.25) is 14.9 Å². The number of nitrogens with zero attached hydrogens (tertiary/aromatic N) is 3. The highest BCUT2D eigenvalue weighted by molar-refractivity contribution is 9.10. The van der Waals surface area contributed by atoms with Gasteiger partial charge in [-0.25, -0.2) is 4.79 Å². The Morgan fingerprint density at radius 2 is 1.34 bits per heavy atom. The summed E-state index contributed by atoms with van der Waals surface area (Å²) in [6, 6.07) is 13.2. The molecule has 0 saturated carbocycles. The molecule has 2 saturated heterocycles. The van der Waals surface area contributed by atoms with Gasteiger partial charge in [-0.15, -0.1) is 0 Å². The highest BCUT2D eigenvalue weighted by Gasteiger charge is 2.23. The van der Waals surface area contributed by atoms with E-state index in [1.165, 1.54) is 50.7 Å². The van der Waals surface area contributed by atoms with Gasteiger partial charge >= 0.3 is 6.03 Å². The Kier molecular flexibility index (Phi) is 8.79. The third-order valence-electron chi connectivity index (χ3n) is 5.69. The van der Waals surface area contributed by atoms with Crippen molar-refractivity contribution in [3.63, 3.8) is 0 Å². The predicted molar refractivity (Wildman–Crippen MR) is 127 cm³/mol. The number of benzene rings is 2. The minimum absolute atomic E-state index is 0.0920. The molecule has 2 aliphatic rings. The van der Waals surface area contributed by atoms with Crippen LogP contribution in [0, 0.1) is 10.1 Å². The molecule has 0 atom stereocenters. The molecule has 2 aromatic carbocycles. The first kappa shape index (κ1) is 23.9. The van der Waals surface area contributed by atoms with E-state index in [0.717, 1.165) is 26.2 Å². The average molecular weight is 502 g/mol. The van der Waals surface area contributed by atoms with Crippen molar-refractivity contribution in [2.24, 2.45) is 0 Å². The average Bonchev–Trinajstić information content (AvgIpc) is 2.85. The van der Waals surface area contributed by atoms with Crippen LogP contribution in [0.25, 0.3) is 0 Å². The molecule has 0 radical (unpaired) electrons. The van der Waals surface area contributed by atoms with E-state index < -0.39 is 4.92 Å². The summed E-state index contributed by atoms with van der Waals surface area (Å²) < 4.78 is 0.568. The second-order valence-corrected chi connectivity index (χ2v) is 8.91. The molecule has 4 rings (SSSR count). The highest BCUT2D eigenvalue weighted by Crippen LogP contribution is 2.25. The van der Waals surface area contributed by atoms with E-state index in [4.69, 9.17) is 0 Å². The first-order valence-electron chi connectivity index (χ1n) is 11.0. The zero-order chi connectivity index (χ0) is 22.9. The summed E-state index contributed by atoms with van der Waals surface area (Å²) in [4.78, 5) is 38.6. The number of hydrogen-bond acceptors (Lipinski definition) is 4. The molecule has 2 heterocycles. The second-order valence-electron chi connectivity index (χ2n) is 7.99. The molecule has 0 aromatic heterocycles. The standard InChI is InChI=1S/C13H8BrNO3.C11H20N2O/c14-10-6-7-11(12(8-10)15(17)18)13(16)9-4-2-1-3-5-9;14-11(12-7-3-1-4-8-12)13-9-5-2-6-10-13/h1-8H;1-10H2. The molecule has 2 amide bonds. The number of carbonyl (C=O) groups excluding carboxylic acids is 2. The quantitative estimate of drug-likeness (QED) is 0.308. The fourth-order valence-electron chi connectivity index (χ4n) is 3.96. The number of nitro benzene ring substituents is 1. The van der Waals surface area contributed by atoms with Crippen LogP contribution < -0.4 is 0 Å². The van der Waals surface area contributed by atoms with Crippen LogP contribution in [0.2, 0.25) is 0 Å². The van der Waals surface area contributed by atoms with Gasteiger partial charge in [0.1, 0.15) is 5.56 Å². The van der Waals surface area contributed by atoms with Crippen LogP contribution >= 0.6 is 15.9 Å². The van der Waals surface area contributed by atoms with Gasteiger partial charge in [0.2, 0.25) is 0 Å². The fourth-order valence-corrected chi connectivity index (χ4v) is 4.31. The first-order chi connectivity index (χ1) is 15.5. The number of likely N-dealkylation sites (tertiary alicyclic amines) is 2. The Labute approximate surface area is 196 Å². The van der Waals surface area contributed by atoms with Crippen LogP contribution in [0.15, 0.2) is 53.0 Å². The van der Waals surface area contributed by atoms with Crippen LogP contribution in [0.1, 0.15) is 54.4 Å². The molecule has 8 heteroatoms. The molecular formula is C24H28BrN3O4. The molecule has 2 aromatic rings. The van der Waals surface area contributed by atoms with Crippen LogP contribution in [0.5, 0.6) is 0 Å². The summed E-state index contributed by atoms with van der Waals surface area (Å²) >= 11 is 3.15. The maximum absolute atomic E-state index is 12.2. The SMILES string of the molecule is O=C(N1CCCCC1)N1CCCCC1.O=C(c1ccccc1)c1ccc(Br)cc1[N+](=O)[O-]. The van der Waals surface area contributed by atoms with Gasteiger partial charge in [0, 0.05) is 42.3 Å². The number of amides is 2. The van der Waals surface area contributed by atoms with Gasteiger partial charge in [0.25, 0.3) is 5.69 Å². The number of rotatable bonds is 3. The molecule has 2 fully saturated rings. The Morgan fingerprint density at radius 3 is 1.84 bits per heavy atom. The van der Waals surface area contributed by atoms with Gasteiger partial charge < -0.3 is 9.80 Å². The van der Waals surface area contributed by atoms with Crippen molar-refractivity contribution in [3.8, 4) is 0 Å². The molecule has 170 valence electrons. The predicted octanol–water partition coefficient (Wildman–Crippen LogP) is 5.67. The minimum Gasteiger partial charge on any atom is -0.325 e. The van der Waals surface area contributed by atoms with Crippen LogP contribution in [0.3, 0.4) is 0 Å². The number of piperidine rings is 2. The lowest BCUT2D eigenvalue weighted by Crippen LogP contribution is -2.47. The Bertz CT molecular complexity index is 920. The third kappa shape index (κ3) is 6.38. The zero-order valence-corrected chi connectivity index (χ0v) is 19.6. The lowest BCUT2D eigenvalue weighted by molar-refractivity contribution is -0.385. The molecule has 2 aliphatic heterocycles. The lowest BCUT2D eigenvalue weighted by atomic mass is 10.0. The molecule has 32 heavy (non-hydrogen) atoms. The smallest absolute Gasteiger partial charge is 0.319 e. The zero-order valence-electron chi connectivity index (χ0n) is 18.0. The van der Waals surface area contributed by atoms with Crippen molar-refractivity contribution >= 4 is 33.4 Å². The van der Waals surface area contributed by atoms with Gasteiger partial charge in [-0.05, 0) is 50.7 Å². The lowest BCUT2D eigenvalue weighted by Gasteiger charge is -2.34. The maximum atomic E-state index is 12.2. The molecule has 0 N–H and O–H groups in total. The van der Waals surface area contributed by atoms with Gasteiger partial charge in [0.15, 0.2) is 5.78 Å². The van der Waals surface area contributed by atoms with Crippen LogP contribution in [-0.2, 0) is 0 Å². The third-order valence-corrected chi connectivity index (χ3v) is 6.18. The Morgan fingerprint density at radius 1 is 0.812 bits per heavy atom. The van der Waals surface area contributed by atoms with Crippen molar-refractivity contribution in [1.29, 1.82) is 0 Å². The largest absolute Gasteiger partial charge is 0.325 e. The van der Waals surface area contributed by atoms with Crippen molar-refractivity contribution in [2.45, 2.75) is 38.5 Å². The molecule has 0 bridgehead atoms. The van der Waals surface area contributed by atoms with E-state index in [1.54, 1.807) is 36.4 Å². The normalized spacial score (nSPS) is 16.0. The summed E-state index contributed by atoms with van der Waals surface area (Å²) in [5, 5.41) is 10.9. The monoisotopic (exact) mass is 501 g/mol. The summed E-state index contributed by atoms with van der Waals surface area (Å²) in [6.07, 6.45) is 7.37. The molecular weight excluding hydrogens is 474 g/mol. The van der Waals surface area contributed by atoms with Gasteiger partial charge in [-0.1, -0.05) is 46.3 Å². The second kappa shape index (κ2) is 11.8. The van der Waals surface area contributed by atoms with E-state index in [0.29, 0.717) is 16.1 Å². The highest BCUT2D eigenvalue weighted by atomic mass is 79.9. The number of urea groups is 1. The summed E-state index contributed by atoms with van der Waals surface area (Å²) in [5.74, 6) is -0.352. The molecule has 0 aliphatic carbocycles. The molecule has 7 nitrogen and oxygen atoms in total. The number of halogens is 1. The fraction of sp³-hybridized carbons (Fsp3) is 0.417. The minimum atomic E-state index is -0.555. The Hall–Kier alpha value is -2.74. The summed E-state index contributed by atoms with van der Waals surface area (Å²) in [7, 11) is 0. The van der Waals surface area contributed by atoms with Crippen molar-refractivity contribution < 1.29 is 14.5 Å². The first-order valence-corrected chi connectivity index (χ1v) is 11.8. The Balaban J connectivity index is 0.000000186. The summed E-state index contributed by atoms with van der Waals surface area (Å²) in [6.45, 7) is 3.93. The topological polar surface area (TPSA) is 83.8 Å². The van der Waals surface area contributed by atoms with E-state index in [9.17, 15) is 19.7 Å². The van der Waals surface area contributed by atoms with Crippen molar-refractivity contribution in [1.82, 2.24) is 9.80 Å². The van der Waals surface area contributed by atoms with Crippen LogP contribution in [-0.4, -0.2) is 52.7 Å². The number of ketones is 1. The maximum Gasteiger partial charge on any atom is 0.319 e. The van der Waals surface area contributed by atoms with E-state index in [2.05, 4.69) is 15.9 Å². The number of nitro groups is 1. The summed E-state index contributed by atoms with van der Waals surface area (Å²) in [5.41, 5.74) is 0.329. The van der Waals surface area contributed by atoms with E-state index >= 15 is 0 Å². The van der Waals surface area contributed by atoms with E-state index in [-0.39, 0.29) is 17.0 Å². The molecule has 0 spiro atoms. The van der Waals surface area contributed by atoms with Gasteiger partial charge in [-0.2, -0.15) is 0 Å². The molecule has 0 unspecified atom stereocenters. The van der Waals surface area contributed by atoms with E-state index in [1.807, 2.05) is 9.80 Å².